The van der Waals surface area contributed by atoms with E-state index >= 15 is 0 Å². The van der Waals surface area contributed by atoms with Gasteiger partial charge in [-0.1, -0.05) is 0 Å². The van der Waals surface area contributed by atoms with Crippen LogP contribution in [0.25, 0.3) is 0 Å². The number of hydrogen-bond acceptors (Lipinski definition) is 5. The van der Waals surface area contributed by atoms with Crippen LogP contribution in [0.15, 0.2) is 0 Å². The van der Waals surface area contributed by atoms with Gasteiger partial charge in [0.05, 0.1) is 6.61 Å². The van der Waals surface area contributed by atoms with Gasteiger partial charge in [0.2, 0.25) is 0 Å². The maximum absolute atomic E-state index is 11.6. The lowest BCUT2D eigenvalue weighted by Gasteiger charge is -2.36. The number of piperazine rings is 1. The average Bonchev–Trinajstić information content (AvgIpc) is 2.59. The van der Waals surface area contributed by atoms with Crippen molar-refractivity contribution in [1.29, 1.82) is 0 Å². The Balaban J connectivity index is 1.82. The highest BCUT2D eigenvalue weighted by atomic mass is 16.6. The molecule has 2 atom stereocenters. The van der Waals surface area contributed by atoms with Gasteiger partial charge >= 0.3 is 5.97 Å². The van der Waals surface area contributed by atoms with Crippen LogP contribution in [-0.2, 0) is 9.53 Å². The molecule has 2 aliphatic heterocycles. The van der Waals surface area contributed by atoms with Crippen LogP contribution >= 0.6 is 0 Å². The van der Waals surface area contributed by atoms with E-state index in [2.05, 4.69) is 9.80 Å². The third-order valence-electron chi connectivity index (χ3n) is 3.41. The predicted molar refractivity (Wildman–Crippen MR) is 59.1 cm³/mol. The first-order valence-electron chi connectivity index (χ1n) is 5.98. The summed E-state index contributed by atoms with van der Waals surface area (Å²) in [6.45, 7) is 6.54. The zero-order chi connectivity index (χ0) is 11.5. The van der Waals surface area contributed by atoms with Gasteiger partial charge in [-0.3, -0.25) is 14.6 Å². The molecule has 2 saturated heterocycles. The number of cyclic esters (lactones) is 1. The van der Waals surface area contributed by atoms with Crippen molar-refractivity contribution in [2.45, 2.75) is 25.5 Å². The fraction of sp³-hybridized carbons (Fsp3) is 0.909. The molecule has 0 aromatic carbocycles. The fourth-order valence-electron chi connectivity index (χ4n) is 2.47. The number of nitrogens with zero attached hydrogens (tertiary/aromatic N) is 2. The Bertz CT molecular complexity index is 252. The molecule has 2 fully saturated rings. The van der Waals surface area contributed by atoms with Crippen LogP contribution in [0.1, 0.15) is 13.3 Å². The molecule has 2 unspecified atom stereocenters. The highest BCUT2D eigenvalue weighted by Gasteiger charge is 2.37. The molecule has 92 valence electrons. The van der Waals surface area contributed by atoms with Crippen molar-refractivity contribution in [3.63, 3.8) is 0 Å². The third kappa shape index (κ3) is 2.53. The van der Waals surface area contributed by atoms with Crippen molar-refractivity contribution in [3.8, 4) is 0 Å². The Hall–Kier alpha value is -0.650. The van der Waals surface area contributed by atoms with Crippen molar-refractivity contribution in [2.75, 3.05) is 39.3 Å². The summed E-state index contributed by atoms with van der Waals surface area (Å²) < 4.78 is 5.17. The second-order valence-corrected chi connectivity index (χ2v) is 4.60. The molecule has 5 heteroatoms. The molecule has 16 heavy (non-hydrogen) atoms. The van der Waals surface area contributed by atoms with Gasteiger partial charge in [-0.05, 0) is 6.92 Å². The Morgan fingerprint density at radius 3 is 2.56 bits per heavy atom. The number of aliphatic hydroxyl groups excluding tert-OH is 1. The Labute approximate surface area is 96.0 Å². The molecule has 0 amide bonds. The molecule has 0 aliphatic carbocycles. The van der Waals surface area contributed by atoms with Crippen LogP contribution in [0.3, 0.4) is 0 Å². The molecule has 0 bridgehead atoms. The van der Waals surface area contributed by atoms with Gasteiger partial charge in [0.15, 0.2) is 0 Å². The molecule has 2 aliphatic rings. The van der Waals surface area contributed by atoms with Gasteiger partial charge in [0.1, 0.15) is 12.1 Å². The second-order valence-electron chi connectivity index (χ2n) is 4.60. The Morgan fingerprint density at radius 1 is 1.38 bits per heavy atom. The maximum atomic E-state index is 11.6. The van der Waals surface area contributed by atoms with Gasteiger partial charge in [-0.2, -0.15) is 0 Å². The van der Waals surface area contributed by atoms with E-state index in [0.29, 0.717) is 0 Å². The summed E-state index contributed by atoms with van der Waals surface area (Å²) in [6.07, 6.45) is 0.881. The summed E-state index contributed by atoms with van der Waals surface area (Å²) in [7, 11) is 0. The highest BCUT2D eigenvalue weighted by molar-refractivity contribution is 5.78. The molecular formula is C11H20N2O3. The van der Waals surface area contributed by atoms with Crippen LogP contribution in [0.5, 0.6) is 0 Å². The van der Waals surface area contributed by atoms with Gasteiger partial charge in [-0.25, -0.2) is 0 Å². The van der Waals surface area contributed by atoms with Crippen LogP contribution < -0.4 is 0 Å². The van der Waals surface area contributed by atoms with Crippen LogP contribution in [0, 0.1) is 0 Å². The van der Waals surface area contributed by atoms with E-state index < -0.39 is 0 Å². The third-order valence-corrected chi connectivity index (χ3v) is 3.41. The molecule has 2 rings (SSSR count). The second kappa shape index (κ2) is 5.12. The topological polar surface area (TPSA) is 53.0 Å². The van der Waals surface area contributed by atoms with Gasteiger partial charge < -0.3 is 9.84 Å². The lowest BCUT2D eigenvalue weighted by atomic mass is 10.1. The number of carbonyl (C=O) groups is 1. The molecule has 1 N–H and O–H groups in total. The molecule has 0 saturated carbocycles. The normalized spacial score (nSPS) is 33.0. The molecule has 2 heterocycles. The smallest absolute Gasteiger partial charge is 0.323 e. The quantitative estimate of drug-likeness (QED) is 0.647. The molecule has 0 radical (unpaired) electrons. The number of rotatable bonds is 3. The van der Waals surface area contributed by atoms with Crippen LogP contribution in [0.2, 0.25) is 0 Å². The SMILES string of the molecule is CC1CC(N2CCN(CCO)CC2)C(=O)O1. The van der Waals surface area contributed by atoms with Gasteiger partial charge in [0.25, 0.3) is 0 Å². The zero-order valence-electron chi connectivity index (χ0n) is 9.76. The van der Waals surface area contributed by atoms with E-state index in [4.69, 9.17) is 9.84 Å². The number of hydrogen-bond donors (Lipinski definition) is 1. The van der Waals surface area contributed by atoms with E-state index in [1.807, 2.05) is 6.92 Å². The van der Waals surface area contributed by atoms with Gasteiger partial charge in [-0.15, -0.1) is 0 Å². The van der Waals surface area contributed by atoms with Crippen molar-refractivity contribution < 1.29 is 14.6 Å². The predicted octanol–water partition coefficient (Wildman–Crippen LogP) is -0.700. The monoisotopic (exact) mass is 228 g/mol. The molecule has 0 spiro atoms. The van der Waals surface area contributed by atoms with Crippen molar-refractivity contribution in [3.05, 3.63) is 0 Å². The molecule has 0 aromatic heterocycles. The Kier molecular flexibility index (Phi) is 3.78. The number of ether oxygens (including phenoxy) is 1. The lowest BCUT2D eigenvalue weighted by molar-refractivity contribution is -0.145. The summed E-state index contributed by atoms with van der Waals surface area (Å²) in [5.41, 5.74) is 0. The van der Waals surface area contributed by atoms with Crippen molar-refractivity contribution in [1.82, 2.24) is 9.80 Å². The van der Waals surface area contributed by atoms with E-state index in [1.54, 1.807) is 0 Å². The summed E-state index contributed by atoms with van der Waals surface area (Å²) >= 11 is 0. The van der Waals surface area contributed by atoms with E-state index in [9.17, 15) is 4.79 Å². The average molecular weight is 228 g/mol. The minimum atomic E-state index is -0.0666. The number of carbonyl (C=O) groups excluding carboxylic acids is 1. The summed E-state index contributed by atoms with van der Waals surface area (Å²) in [5, 5.41) is 8.84. The summed E-state index contributed by atoms with van der Waals surface area (Å²) in [4.78, 5) is 16.0. The Morgan fingerprint density at radius 2 is 2.06 bits per heavy atom. The first kappa shape index (κ1) is 11.8. The summed E-state index contributed by atoms with van der Waals surface area (Å²) in [6, 6.07) is -0.0359. The molecule has 0 aromatic rings. The van der Waals surface area contributed by atoms with Crippen molar-refractivity contribution in [2.24, 2.45) is 0 Å². The lowest BCUT2D eigenvalue weighted by Crippen LogP contribution is -2.52. The first-order valence-corrected chi connectivity index (χ1v) is 5.98. The number of aliphatic hydroxyl groups is 1. The largest absolute Gasteiger partial charge is 0.461 e. The van der Waals surface area contributed by atoms with Gasteiger partial charge in [0, 0.05) is 39.1 Å². The van der Waals surface area contributed by atoms with E-state index in [1.165, 1.54) is 0 Å². The van der Waals surface area contributed by atoms with Crippen LogP contribution in [-0.4, -0.2) is 72.4 Å². The molecular weight excluding hydrogens is 208 g/mol. The maximum Gasteiger partial charge on any atom is 0.323 e. The number of esters is 1. The zero-order valence-corrected chi connectivity index (χ0v) is 9.76. The fourth-order valence-corrected chi connectivity index (χ4v) is 2.47. The minimum absolute atomic E-state index is 0.0359. The number of β-amino-alcohol motifs (C(OH)–C–C–N with tert-alkyl or cyclic N) is 1. The van der Waals surface area contributed by atoms with Crippen LogP contribution in [0.4, 0.5) is 0 Å². The van der Waals surface area contributed by atoms with E-state index in [-0.39, 0.29) is 24.7 Å². The van der Waals surface area contributed by atoms with E-state index in [0.717, 1.165) is 39.1 Å². The minimum Gasteiger partial charge on any atom is -0.461 e. The first-order chi connectivity index (χ1) is 7.70. The molecule has 5 nitrogen and oxygen atoms in total. The summed E-state index contributed by atoms with van der Waals surface area (Å²) in [5.74, 6) is -0.0666. The highest BCUT2D eigenvalue weighted by Crippen LogP contribution is 2.20. The van der Waals surface area contributed by atoms with Crippen molar-refractivity contribution >= 4 is 5.97 Å². The standard InChI is InChI=1S/C11H20N2O3/c1-9-8-10(11(15)16-9)13-4-2-12(3-5-13)6-7-14/h9-10,14H,2-8H2,1H3.